The number of benzene rings is 1. The Morgan fingerprint density at radius 1 is 1.05 bits per heavy atom. The molecule has 4 rings (SSSR count). The minimum absolute atomic E-state index is 0.317. The van der Waals surface area contributed by atoms with Crippen LogP contribution in [0.3, 0.4) is 0 Å². The minimum Gasteiger partial charge on any atom is -0.384 e. The summed E-state index contributed by atoms with van der Waals surface area (Å²) in [6, 6.07) is 10.4. The van der Waals surface area contributed by atoms with E-state index in [4.69, 9.17) is 0 Å². The van der Waals surface area contributed by atoms with Gasteiger partial charge in [-0.1, -0.05) is 30.3 Å². The standard InChI is InChI=1S/C17H19NO/c19-15-9-14(18-10-11-4-2-1-3-5-11)16-12-6-7-13(8-12)17(15)16/h1-5,9,12-13,16-18H,6-8,10H2/t12-,13+,16+,17-/m0/s1. The van der Waals surface area contributed by atoms with Crippen molar-refractivity contribution in [2.75, 3.05) is 0 Å². The van der Waals surface area contributed by atoms with Gasteiger partial charge in [0, 0.05) is 30.2 Å². The van der Waals surface area contributed by atoms with Gasteiger partial charge in [0.2, 0.25) is 0 Å². The molecule has 19 heavy (non-hydrogen) atoms. The monoisotopic (exact) mass is 253 g/mol. The molecule has 2 saturated carbocycles. The van der Waals surface area contributed by atoms with Crippen molar-refractivity contribution in [3.05, 3.63) is 47.7 Å². The molecule has 1 N–H and O–H groups in total. The summed E-state index contributed by atoms with van der Waals surface area (Å²) in [6.45, 7) is 0.834. The van der Waals surface area contributed by atoms with Crippen LogP contribution in [-0.4, -0.2) is 5.78 Å². The minimum atomic E-state index is 0.317. The topological polar surface area (TPSA) is 29.1 Å². The molecule has 0 aliphatic heterocycles. The zero-order valence-electron chi connectivity index (χ0n) is 11.0. The summed E-state index contributed by atoms with van der Waals surface area (Å²) < 4.78 is 0. The van der Waals surface area contributed by atoms with Gasteiger partial charge in [0.05, 0.1) is 0 Å². The fourth-order valence-corrected chi connectivity index (χ4v) is 4.46. The van der Waals surface area contributed by atoms with E-state index in [1.807, 2.05) is 12.1 Å². The SMILES string of the molecule is O=C1C=C(NCc2ccccc2)[C@H]2[C@H]3CC[C@H](C3)[C@@H]12. The number of carbonyl (C=O) groups is 1. The molecule has 98 valence electrons. The summed E-state index contributed by atoms with van der Waals surface area (Å²) >= 11 is 0. The molecule has 3 aliphatic carbocycles. The van der Waals surface area contributed by atoms with E-state index in [2.05, 4.69) is 29.6 Å². The molecular weight excluding hydrogens is 234 g/mol. The molecule has 3 aliphatic rings. The van der Waals surface area contributed by atoms with Gasteiger partial charge in [-0.15, -0.1) is 0 Å². The maximum atomic E-state index is 12.2. The van der Waals surface area contributed by atoms with E-state index in [1.54, 1.807) is 0 Å². The van der Waals surface area contributed by atoms with Crippen LogP contribution in [0.1, 0.15) is 24.8 Å². The van der Waals surface area contributed by atoms with Crippen LogP contribution in [0, 0.1) is 23.7 Å². The van der Waals surface area contributed by atoms with Gasteiger partial charge in [0.1, 0.15) is 0 Å². The van der Waals surface area contributed by atoms with E-state index in [1.165, 1.54) is 30.5 Å². The first-order valence-electron chi connectivity index (χ1n) is 7.36. The van der Waals surface area contributed by atoms with Gasteiger partial charge in [-0.2, -0.15) is 0 Å². The highest BCUT2D eigenvalue weighted by atomic mass is 16.1. The van der Waals surface area contributed by atoms with E-state index in [9.17, 15) is 4.79 Å². The Hall–Kier alpha value is -1.57. The quantitative estimate of drug-likeness (QED) is 0.897. The molecule has 0 amide bonds. The fraction of sp³-hybridized carbons (Fsp3) is 0.471. The van der Waals surface area contributed by atoms with Crippen LogP contribution in [0.4, 0.5) is 0 Å². The molecule has 4 atom stereocenters. The van der Waals surface area contributed by atoms with Crippen LogP contribution in [0.25, 0.3) is 0 Å². The van der Waals surface area contributed by atoms with Crippen molar-refractivity contribution in [3.63, 3.8) is 0 Å². The highest BCUT2D eigenvalue weighted by Crippen LogP contribution is 2.57. The third-order valence-electron chi connectivity index (χ3n) is 5.24. The highest BCUT2D eigenvalue weighted by Gasteiger charge is 2.54. The number of hydrogen-bond donors (Lipinski definition) is 1. The first-order chi connectivity index (χ1) is 9.33. The summed E-state index contributed by atoms with van der Waals surface area (Å²) in [6.07, 6.45) is 5.77. The second-order valence-corrected chi connectivity index (χ2v) is 6.23. The summed E-state index contributed by atoms with van der Waals surface area (Å²) in [5, 5.41) is 3.52. The van der Waals surface area contributed by atoms with Crippen molar-refractivity contribution in [1.29, 1.82) is 0 Å². The van der Waals surface area contributed by atoms with Gasteiger partial charge in [0.15, 0.2) is 5.78 Å². The maximum Gasteiger partial charge on any atom is 0.161 e. The van der Waals surface area contributed by atoms with E-state index >= 15 is 0 Å². The van der Waals surface area contributed by atoms with Crippen LogP contribution >= 0.6 is 0 Å². The first kappa shape index (κ1) is 11.3. The van der Waals surface area contributed by atoms with E-state index in [0.29, 0.717) is 23.5 Å². The Morgan fingerprint density at radius 2 is 1.79 bits per heavy atom. The van der Waals surface area contributed by atoms with Crippen LogP contribution in [0.5, 0.6) is 0 Å². The van der Waals surface area contributed by atoms with E-state index in [0.717, 1.165) is 12.5 Å². The van der Waals surface area contributed by atoms with E-state index in [-0.39, 0.29) is 0 Å². The number of allylic oxidation sites excluding steroid dienone is 2. The fourth-order valence-electron chi connectivity index (χ4n) is 4.46. The van der Waals surface area contributed by atoms with Crippen LogP contribution in [-0.2, 0) is 11.3 Å². The molecular formula is C17H19NO. The number of fused-ring (bicyclic) bond motifs is 5. The second kappa shape index (κ2) is 4.22. The molecule has 0 spiro atoms. The van der Waals surface area contributed by atoms with Crippen LogP contribution in [0.15, 0.2) is 42.1 Å². The summed E-state index contributed by atoms with van der Waals surface area (Å²) in [5.74, 6) is 2.64. The van der Waals surface area contributed by atoms with Crippen LogP contribution < -0.4 is 5.32 Å². The van der Waals surface area contributed by atoms with Gasteiger partial charge in [-0.05, 0) is 36.7 Å². The molecule has 0 aromatic heterocycles. The number of nitrogens with one attached hydrogen (secondary N) is 1. The summed E-state index contributed by atoms with van der Waals surface area (Å²) in [4.78, 5) is 12.2. The number of hydrogen-bond acceptors (Lipinski definition) is 2. The largest absolute Gasteiger partial charge is 0.384 e. The predicted molar refractivity (Wildman–Crippen MR) is 74.2 cm³/mol. The maximum absolute atomic E-state index is 12.2. The number of rotatable bonds is 3. The lowest BCUT2D eigenvalue weighted by Crippen LogP contribution is -2.28. The number of ketones is 1. The molecule has 0 radical (unpaired) electrons. The smallest absolute Gasteiger partial charge is 0.161 e. The van der Waals surface area contributed by atoms with Crippen molar-refractivity contribution in [2.45, 2.75) is 25.8 Å². The van der Waals surface area contributed by atoms with Crippen molar-refractivity contribution in [1.82, 2.24) is 5.32 Å². The van der Waals surface area contributed by atoms with Gasteiger partial charge >= 0.3 is 0 Å². The van der Waals surface area contributed by atoms with Gasteiger partial charge < -0.3 is 5.32 Å². The molecule has 0 unspecified atom stereocenters. The third-order valence-corrected chi connectivity index (χ3v) is 5.24. The molecule has 2 bridgehead atoms. The van der Waals surface area contributed by atoms with Gasteiger partial charge in [-0.25, -0.2) is 0 Å². The Balaban J connectivity index is 1.50. The van der Waals surface area contributed by atoms with Crippen molar-refractivity contribution < 1.29 is 4.79 Å². The lowest BCUT2D eigenvalue weighted by molar-refractivity contribution is -0.119. The molecule has 1 aromatic rings. The Bertz CT molecular complexity index is 533. The molecule has 0 heterocycles. The van der Waals surface area contributed by atoms with Crippen molar-refractivity contribution >= 4 is 5.78 Å². The third kappa shape index (κ3) is 1.73. The molecule has 0 saturated heterocycles. The van der Waals surface area contributed by atoms with Crippen LogP contribution in [0.2, 0.25) is 0 Å². The van der Waals surface area contributed by atoms with Crippen molar-refractivity contribution in [3.8, 4) is 0 Å². The molecule has 1 aromatic carbocycles. The zero-order valence-corrected chi connectivity index (χ0v) is 11.0. The predicted octanol–water partition coefficient (Wildman–Crippen LogP) is 2.91. The lowest BCUT2D eigenvalue weighted by Gasteiger charge is -2.26. The Kier molecular flexibility index (Phi) is 2.51. The zero-order chi connectivity index (χ0) is 12.8. The summed E-state index contributed by atoms with van der Waals surface area (Å²) in [7, 11) is 0. The lowest BCUT2D eigenvalue weighted by atomic mass is 9.80. The van der Waals surface area contributed by atoms with Gasteiger partial charge in [-0.3, -0.25) is 4.79 Å². The average molecular weight is 253 g/mol. The molecule has 2 heteroatoms. The molecule has 2 fully saturated rings. The van der Waals surface area contributed by atoms with Crippen molar-refractivity contribution in [2.24, 2.45) is 23.7 Å². The normalized spacial score (nSPS) is 35.4. The second-order valence-electron chi connectivity index (χ2n) is 6.23. The summed E-state index contributed by atoms with van der Waals surface area (Å²) in [5.41, 5.74) is 2.49. The van der Waals surface area contributed by atoms with E-state index < -0.39 is 0 Å². The highest BCUT2D eigenvalue weighted by molar-refractivity contribution is 5.96. The Labute approximate surface area is 113 Å². The Morgan fingerprint density at radius 3 is 2.58 bits per heavy atom. The van der Waals surface area contributed by atoms with Gasteiger partial charge in [0.25, 0.3) is 0 Å². The molecule has 2 nitrogen and oxygen atoms in total. The number of carbonyl (C=O) groups excluding carboxylic acids is 1. The average Bonchev–Trinajstić information content (AvgIpc) is 3.11. The first-order valence-corrected chi connectivity index (χ1v) is 7.36.